The molecule has 140 valence electrons. The summed E-state index contributed by atoms with van der Waals surface area (Å²) in [6.45, 7) is 1.79. The summed E-state index contributed by atoms with van der Waals surface area (Å²) in [5.41, 5.74) is 2.49. The number of amides is 1. The number of aryl methyl sites for hydroxylation is 2. The third kappa shape index (κ3) is 3.36. The summed E-state index contributed by atoms with van der Waals surface area (Å²) in [4.78, 5) is 22.0. The number of halogens is 1. The molecule has 0 aliphatic carbocycles. The Morgan fingerprint density at radius 2 is 1.93 bits per heavy atom. The molecule has 1 atom stereocenters. The van der Waals surface area contributed by atoms with E-state index < -0.39 is 6.04 Å². The van der Waals surface area contributed by atoms with Gasteiger partial charge in [-0.05, 0) is 30.7 Å². The van der Waals surface area contributed by atoms with Gasteiger partial charge in [-0.25, -0.2) is 9.37 Å². The minimum atomic E-state index is -0.419. The van der Waals surface area contributed by atoms with Crippen molar-refractivity contribution in [1.29, 1.82) is 0 Å². The van der Waals surface area contributed by atoms with E-state index in [0.29, 0.717) is 22.2 Å². The van der Waals surface area contributed by atoms with Crippen LogP contribution in [-0.2, 0) is 7.05 Å². The number of hydrogen-bond donors (Lipinski definition) is 1. The van der Waals surface area contributed by atoms with Crippen molar-refractivity contribution in [2.24, 2.45) is 7.05 Å². The minimum absolute atomic E-state index is 0.265. The zero-order valence-electron chi connectivity index (χ0n) is 15.6. The number of benzene rings is 2. The Labute approximate surface area is 161 Å². The van der Waals surface area contributed by atoms with Crippen molar-refractivity contribution in [3.8, 4) is 0 Å². The highest BCUT2D eigenvalue weighted by atomic mass is 19.1. The summed E-state index contributed by atoms with van der Waals surface area (Å²) in [5.74, 6) is 0.0757. The molecule has 2 aromatic carbocycles. The lowest BCUT2D eigenvalue weighted by Crippen LogP contribution is -2.31. The number of nitrogens with zero attached hydrogens (tertiary/aromatic N) is 3. The first kappa shape index (κ1) is 17.9. The van der Waals surface area contributed by atoms with Gasteiger partial charge in [-0.15, -0.1) is 0 Å². The molecule has 4 rings (SSSR count). The first-order valence-electron chi connectivity index (χ1n) is 8.93. The van der Waals surface area contributed by atoms with E-state index in [0.717, 1.165) is 11.4 Å². The molecule has 4 aromatic rings. The van der Waals surface area contributed by atoms with Gasteiger partial charge in [0, 0.05) is 36.6 Å². The standard InChI is InChI=1S/C22H19FN4O/c1-14-12-18(17-9-8-16(23)13-19(17)25-14)22(28)26-20(15-6-4-3-5-7-15)21-24-10-11-27(21)2/h3-13,20H,1-2H3,(H,26,28). The Hall–Kier alpha value is -3.54. The van der Waals surface area contributed by atoms with Crippen molar-refractivity contribution in [2.45, 2.75) is 13.0 Å². The average molecular weight is 374 g/mol. The molecule has 6 heteroatoms. The third-order valence-electron chi connectivity index (χ3n) is 4.67. The monoisotopic (exact) mass is 374 g/mol. The molecular weight excluding hydrogens is 355 g/mol. The zero-order valence-corrected chi connectivity index (χ0v) is 15.6. The van der Waals surface area contributed by atoms with Crippen LogP contribution in [0.5, 0.6) is 0 Å². The number of aromatic nitrogens is 3. The fraction of sp³-hybridized carbons (Fsp3) is 0.136. The molecule has 0 aliphatic rings. The molecule has 0 radical (unpaired) electrons. The van der Waals surface area contributed by atoms with Crippen LogP contribution in [0.25, 0.3) is 10.9 Å². The topological polar surface area (TPSA) is 59.8 Å². The maximum absolute atomic E-state index is 13.6. The first-order chi connectivity index (χ1) is 13.5. The van der Waals surface area contributed by atoms with Crippen molar-refractivity contribution in [1.82, 2.24) is 19.9 Å². The Morgan fingerprint density at radius 3 is 2.64 bits per heavy atom. The molecular formula is C22H19FN4O. The van der Waals surface area contributed by atoms with Crippen molar-refractivity contribution in [3.63, 3.8) is 0 Å². The normalized spacial score (nSPS) is 12.1. The number of hydrogen-bond acceptors (Lipinski definition) is 3. The second kappa shape index (κ2) is 7.23. The van der Waals surface area contributed by atoms with Crippen LogP contribution in [0.2, 0.25) is 0 Å². The van der Waals surface area contributed by atoms with Crippen LogP contribution in [0.1, 0.15) is 33.5 Å². The quantitative estimate of drug-likeness (QED) is 0.589. The summed E-state index contributed by atoms with van der Waals surface area (Å²) in [6, 6.07) is 15.2. The molecule has 5 nitrogen and oxygen atoms in total. The predicted octanol–water partition coefficient (Wildman–Crippen LogP) is 3.94. The number of fused-ring (bicyclic) bond motifs is 1. The van der Waals surface area contributed by atoms with E-state index in [1.54, 1.807) is 25.3 Å². The molecule has 1 N–H and O–H groups in total. The average Bonchev–Trinajstić information content (AvgIpc) is 3.11. The molecule has 2 aromatic heterocycles. The van der Waals surface area contributed by atoms with Gasteiger partial charge in [-0.2, -0.15) is 0 Å². The Kier molecular flexibility index (Phi) is 4.61. The lowest BCUT2D eigenvalue weighted by Gasteiger charge is -2.20. The number of rotatable bonds is 4. The van der Waals surface area contributed by atoms with Crippen molar-refractivity contribution in [3.05, 3.63) is 95.5 Å². The van der Waals surface area contributed by atoms with E-state index in [2.05, 4.69) is 15.3 Å². The lowest BCUT2D eigenvalue weighted by atomic mass is 10.0. The molecule has 1 amide bonds. The highest BCUT2D eigenvalue weighted by molar-refractivity contribution is 6.06. The van der Waals surface area contributed by atoms with Gasteiger partial charge in [0.1, 0.15) is 17.7 Å². The van der Waals surface area contributed by atoms with Crippen LogP contribution in [0.3, 0.4) is 0 Å². The molecule has 28 heavy (non-hydrogen) atoms. The number of pyridine rings is 1. The van der Waals surface area contributed by atoms with E-state index >= 15 is 0 Å². The number of nitrogens with one attached hydrogen (secondary N) is 1. The molecule has 0 bridgehead atoms. The van der Waals surface area contributed by atoms with Crippen molar-refractivity contribution >= 4 is 16.8 Å². The van der Waals surface area contributed by atoms with Crippen molar-refractivity contribution < 1.29 is 9.18 Å². The number of imidazole rings is 1. The summed E-state index contributed by atoms with van der Waals surface area (Å²) < 4.78 is 15.5. The molecule has 1 unspecified atom stereocenters. The molecule has 2 heterocycles. The second-order valence-electron chi connectivity index (χ2n) is 6.69. The number of carbonyl (C=O) groups is 1. The molecule has 0 aliphatic heterocycles. The van der Waals surface area contributed by atoms with Crippen LogP contribution in [0, 0.1) is 12.7 Å². The van der Waals surface area contributed by atoms with E-state index in [4.69, 9.17) is 0 Å². The predicted molar refractivity (Wildman–Crippen MR) is 105 cm³/mol. The van der Waals surface area contributed by atoms with Gasteiger partial charge in [-0.3, -0.25) is 9.78 Å². The second-order valence-corrected chi connectivity index (χ2v) is 6.69. The van der Waals surface area contributed by atoms with Crippen LogP contribution in [0.15, 0.2) is 67.0 Å². The highest BCUT2D eigenvalue weighted by Crippen LogP contribution is 2.24. The highest BCUT2D eigenvalue weighted by Gasteiger charge is 2.22. The smallest absolute Gasteiger partial charge is 0.252 e. The lowest BCUT2D eigenvalue weighted by molar-refractivity contribution is 0.0942. The zero-order chi connectivity index (χ0) is 19.7. The largest absolute Gasteiger partial charge is 0.338 e. The fourth-order valence-corrected chi connectivity index (χ4v) is 3.33. The van der Waals surface area contributed by atoms with E-state index in [1.807, 2.05) is 48.1 Å². The van der Waals surface area contributed by atoms with E-state index in [1.165, 1.54) is 12.1 Å². The Balaban J connectivity index is 1.77. The van der Waals surface area contributed by atoms with E-state index in [9.17, 15) is 9.18 Å². The molecule has 0 spiro atoms. The third-order valence-corrected chi connectivity index (χ3v) is 4.67. The minimum Gasteiger partial charge on any atom is -0.338 e. The summed E-state index contributed by atoms with van der Waals surface area (Å²) in [6.07, 6.45) is 3.54. The molecule has 0 saturated heterocycles. The first-order valence-corrected chi connectivity index (χ1v) is 8.93. The fourth-order valence-electron chi connectivity index (χ4n) is 3.33. The summed E-state index contributed by atoms with van der Waals surface area (Å²) in [7, 11) is 1.89. The van der Waals surface area contributed by atoms with Crippen LogP contribution in [0.4, 0.5) is 4.39 Å². The van der Waals surface area contributed by atoms with Crippen LogP contribution in [-0.4, -0.2) is 20.4 Å². The van der Waals surface area contributed by atoms with Gasteiger partial charge in [0.05, 0.1) is 11.1 Å². The van der Waals surface area contributed by atoms with Gasteiger partial charge < -0.3 is 9.88 Å². The van der Waals surface area contributed by atoms with Gasteiger partial charge in [0.15, 0.2) is 0 Å². The van der Waals surface area contributed by atoms with Crippen molar-refractivity contribution in [2.75, 3.05) is 0 Å². The van der Waals surface area contributed by atoms with Gasteiger partial charge >= 0.3 is 0 Å². The summed E-state index contributed by atoms with van der Waals surface area (Å²) >= 11 is 0. The summed E-state index contributed by atoms with van der Waals surface area (Å²) in [5, 5.41) is 3.69. The Morgan fingerprint density at radius 1 is 1.14 bits per heavy atom. The van der Waals surface area contributed by atoms with Crippen LogP contribution < -0.4 is 5.32 Å². The Bertz CT molecular complexity index is 1150. The van der Waals surface area contributed by atoms with Crippen LogP contribution >= 0.6 is 0 Å². The van der Waals surface area contributed by atoms with Gasteiger partial charge in [-0.1, -0.05) is 30.3 Å². The maximum Gasteiger partial charge on any atom is 0.252 e. The number of carbonyl (C=O) groups excluding carboxylic acids is 1. The van der Waals surface area contributed by atoms with E-state index in [-0.39, 0.29) is 11.7 Å². The van der Waals surface area contributed by atoms with Gasteiger partial charge in [0.2, 0.25) is 0 Å². The molecule has 0 fully saturated rings. The maximum atomic E-state index is 13.6. The molecule has 0 saturated carbocycles. The van der Waals surface area contributed by atoms with Gasteiger partial charge in [0.25, 0.3) is 5.91 Å². The SMILES string of the molecule is Cc1cc(C(=O)NC(c2ccccc2)c2nccn2C)c2ccc(F)cc2n1.